The largest absolute Gasteiger partial charge is 0.478 e. The number of anilines is 2. The average Bonchev–Trinajstić information content (AvgIpc) is 3.70. The number of aromatic nitrogens is 1. The van der Waals surface area contributed by atoms with Gasteiger partial charge in [-0.25, -0.2) is 4.79 Å². The van der Waals surface area contributed by atoms with Gasteiger partial charge >= 0.3 is 5.97 Å². The van der Waals surface area contributed by atoms with Gasteiger partial charge in [0.25, 0.3) is 5.91 Å². The molecular weight excluding hydrogens is 638 g/mol. The van der Waals surface area contributed by atoms with Gasteiger partial charge < -0.3 is 30.1 Å². The van der Waals surface area contributed by atoms with Crippen molar-refractivity contribution < 1.29 is 19.5 Å². The van der Waals surface area contributed by atoms with Crippen LogP contribution in [0.5, 0.6) is 0 Å². The van der Waals surface area contributed by atoms with Crippen molar-refractivity contribution in [3.05, 3.63) is 89.5 Å². The molecule has 3 aromatic carbocycles. The first-order valence-electron chi connectivity index (χ1n) is 18.5. The molecule has 1 aromatic heterocycles. The third kappa shape index (κ3) is 7.17. The van der Waals surface area contributed by atoms with Crippen LogP contribution in [-0.4, -0.2) is 71.6 Å². The minimum Gasteiger partial charge on any atom is -0.478 e. The van der Waals surface area contributed by atoms with E-state index in [0.717, 1.165) is 50.6 Å². The molecule has 2 amide bonds. The number of hydrogen-bond donors (Lipinski definition) is 3. The highest BCUT2D eigenvalue weighted by atomic mass is 16.4. The number of benzene rings is 3. The monoisotopic (exact) mass is 687 g/mol. The maximum atomic E-state index is 14.2. The Morgan fingerprint density at radius 2 is 1.67 bits per heavy atom. The molecule has 0 bridgehead atoms. The van der Waals surface area contributed by atoms with Gasteiger partial charge in [-0.3, -0.25) is 9.59 Å². The summed E-state index contributed by atoms with van der Waals surface area (Å²) in [6.45, 7) is 3.61. The number of carbonyl (C=O) groups is 3. The van der Waals surface area contributed by atoms with Gasteiger partial charge in [-0.05, 0) is 93.2 Å². The minimum atomic E-state index is -1.02. The number of rotatable bonds is 10. The van der Waals surface area contributed by atoms with Crippen molar-refractivity contribution in [3.63, 3.8) is 0 Å². The molecule has 2 aliphatic carbocycles. The SMILES string of the molecule is CN(C)CCN1CCn2c(c(C3CCCCC3)c3ccc(C(=O)NC4(C(=O)Nc5ccc(C=CC(=O)O)cc5)CCCC4)cc32)-c2ccccc21. The van der Waals surface area contributed by atoms with Crippen LogP contribution in [0.25, 0.3) is 28.2 Å². The zero-order valence-electron chi connectivity index (χ0n) is 29.8. The second-order valence-corrected chi connectivity index (χ2v) is 14.8. The van der Waals surface area contributed by atoms with E-state index in [2.05, 4.69) is 75.5 Å². The Bertz CT molecular complexity index is 1950. The molecule has 2 saturated carbocycles. The standard InChI is InChI=1S/C42H49N5O4/c1-45(2)24-25-46-26-27-47-36-28-31(17-20-33(36)38(30-10-4-3-5-11-30)39(47)34-12-6-7-13-35(34)46)40(50)44-42(22-8-9-23-42)41(51)43-32-18-14-29(15-19-32)16-21-37(48)49/h6-7,12-21,28,30H,3-5,8-11,22-27H2,1-2H3,(H,43,51)(H,44,50)(H,48,49). The van der Waals surface area contributed by atoms with Gasteiger partial charge in [-0.1, -0.05) is 68.5 Å². The lowest BCUT2D eigenvalue weighted by Gasteiger charge is -2.29. The Hall–Kier alpha value is -4.89. The summed E-state index contributed by atoms with van der Waals surface area (Å²) in [5.74, 6) is -1.00. The molecule has 3 aliphatic rings. The number of fused-ring (bicyclic) bond motifs is 5. The Morgan fingerprint density at radius 1 is 0.922 bits per heavy atom. The lowest BCUT2D eigenvalue weighted by Crippen LogP contribution is -2.55. The summed E-state index contributed by atoms with van der Waals surface area (Å²) in [7, 11) is 4.24. The van der Waals surface area contributed by atoms with E-state index in [1.807, 2.05) is 6.07 Å². The van der Waals surface area contributed by atoms with Crippen LogP contribution >= 0.6 is 0 Å². The van der Waals surface area contributed by atoms with E-state index in [-0.39, 0.29) is 11.8 Å². The van der Waals surface area contributed by atoms with E-state index in [9.17, 15) is 14.4 Å². The highest BCUT2D eigenvalue weighted by molar-refractivity contribution is 6.06. The van der Waals surface area contributed by atoms with E-state index in [1.165, 1.54) is 66.1 Å². The second-order valence-electron chi connectivity index (χ2n) is 14.8. The fourth-order valence-electron chi connectivity index (χ4n) is 8.46. The molecule has 0 spiro atoms. The number of carboxylic acids is 1. The van der Waals surface area contributed by atoms with Crippen LogP contribution in [0.4, 0.5) is 11.4 Å². The zero-order valence-corrected chi connectivity index (χ0v) is 29.8. The molecule has 9 nitrogen and oxygen atoms in total. The third-order valence-corrected chi connectivity index (χ3v) is 11.1. The first-order chi connectivity index (χ1) is 24.7. The molecule has 4 aromatic rings. The number of carbonyl (C=O) groups excluding carboxylic acids is 2. The van der Waals surface area contributed by atoms with Crippen molar-refractivity contribution in [3.8, 4) is 11.3 Å². The number of aliphatic carboxylic acids is 1. The number of nitrogens with zero attached hydrogens (tertiary/aromatic N) is 3. The first-order valence-corrected chi connectivity index (χ1v) is 18.5. The maximum absolute atomic E-state index is 14.2. The molecule has 9 heteroatoms. The van der Waals surface area contributed by atoms with Gasteiger partial charge in [0.2, 0.25) is 5.91 Å². The van der Waals surface area contributed by atoms with Gasteiger partial charge in [-0.2, -0.15) is 0 Å². The number of hydrogen-bond acceptors (Lipinski definition) is 5. The van der Waals surface area contributed by atoms with E-state index < -0.39 is 11.5 Å². The quantitative estimate of drug-likeness (QED) is 0.149. The van der Waals surface area contributed by atoms with Gasteiger partial charge in [0, 0.05) is 65.7 Å². The van der Waals surface area contributed by atoms with Gasteiger partial charge in [0.1, 0.15) is 5.54 Å². The van der Waals surface area contributed by atoms with Crippen LogP contribution in [-0.2, 0) is 16.1 Å². The Labute approximate surface area is 300 Å². The Kier molecular flexibility index (Phi) is 10.0. The van der Waals surface area contributed by atoms with Crippen molar-refractivity contribution in [1.29, 1.82) is 0 Å². The van der Waals surface area contributed by atoms with Crippen LogP contribution in [0.1, 0.15) is 85.2 Å². The molecule has 2 heterocycles. The average molecular weight is 688 g/mol. The van der Waals surface area contributed by atoms with Gasteiger partial charge in [-0.15, -0.1) is 0 Å². The molecule has 266 valence electrons. The molecular formula is C42H49N5O4. The summed E-state index contributed by atoms with van der Waals surface area (Å²) in [4.78, 5) is 43.6. The lowest BCUT2D eigenvalue weighted by molar-refractivity contribution is -0.131. The predicted molar refractivity (Wildman–Crippen MR) is 204 cm³/mol. The molecule has 0 unspecified atom stereocenters. The molecule has 51 heavy (non-hydrogen) atoms. The normalized spacial score (nSPS) is 17.4. The lowest BCUT2D eigenvalue weighted by atomic mass is 9.81. The molecule has 7 rings (SSSR count). The van der Waals surface area contributed by atoms with Crippen molar-refractivity contribution in [2.45, 2.75) is 75.8 Å². The van der Waals surface area contributed by atoms with E-state index in [4.69, 9.17) is 5.11 Å². The third-order valence-electron chi connectivity index (χ3n) is 11.1. The zero-order chi connectivity index (χ0) is 35.5. The fraction of sp³-hybridized carbons (Fsp3) is 0.405. The maximum Gasteiger partial charge on any atom is 0.328 e. The molecule has 2 fully saturated rings. The van der Waals surface area contributed by atoms with Crippen molar-refractivity contribution in [1.82, 2.24) is 14.8 Å². The molecule has 0 radical (unpaired) electrons. The number of nitrogens with one attached hydrogen (secondary N) is 2. The highest BCUT2D eigenvalue weighted by Crippen LogP contribution is 2.47. The van der Waals surface area contributed by atoms with Crippen molar-refractivity contribution >= 4 is 46.1 Å². The number of carboxylic acid groups (broad SMARTS) is 1. The predicted octanol–water partition coefficient (Wildman–Crippen LogP) is 7.52. The summed E-state index contributed by atoms with van der Waals surface area (Å²) in [6.07, 6.45) is 11.6. The summed E-state index contributed by atoms with van der Waals surface area (Å²) in [5, 5.41) is 16.4. The van der Waals surface area contributed by atoms with E-state index >= 15 is 0 Å². The summed E-state index contributed by atoms with van der Waals surface area (Å²) in [5.41, 5.74) is 7.22. The molecule has 0 atom stereocenters. The molecule has 1 aliphatic heterocycles. The fourth-order valence-corrected chi connectivity index (χ4v) is 8.46. The molecule has 0 saturated heterocycles. The van der Waals surface area contributed by atoms with Crippen LogP contribution in [0.2, 0.25) is 0 Å². The molecule has 3 N–H and O–H groups in total. The summed E-state index contributed by atoms with van der Waals surface area (Å²) >= 11 is 0. The minimum absolute atomic E-state index is 0.228. The van der Waals surface area contributed by atoms with Crippen LogP contribution in [0.3, 0.4) is 0 Å². The first kappa shape index (κ1) is 34.6. The van der Waals surface area contributed by atoms with E-state index in [0.29, 0.717) is 35.6 Å². The van der Waals surface area contributed by atoms with Crippen LogP contribution < -0.4 is 15.5 Å². The van der Waals surface area contributed by atoms with Crippen LogP contribution in [0.15, 0.2) is 72.8 Å². The van der Waals surface area contributed by atoms with Gasteiger partial charge in [0.15, 0.2) is 0 Å². The second kappa shape index (κ2) is 14.8. The number of para-hydroxylation sites is 1. The summed E-state index contributed by atoms with van der Waals surface area (Å²) in [6, 6.07) is 22.0. The number of amides is 2. The van der Waals surface area contributed by atoms with Crippen molar-refractivity contribution in [2.24, 2.45) is 0 Å². The van der Waals surface area contributed by atoms with Crippen LogP contribution in [0, 0.1) is 0 Å². The topological polar surface area (TPSA) is 107 Å². The number of likely N-dealkylation sites (N-methyl/N-ethyl adjacent to an activating group) is 1. The van der Waals surface area contributed by atoms with Crippen molar-refractivity contribution in [2.75, 3.05) is 43.9 Å². The highest BCUT2D eigenvalue weighted by Gasteiger charge is 2.43. The summed E-state index contributed by atoms with van der Waals surface area (Å²) < 4.78 is 2.47. The Morgan fingerprint density at radius 3 is 2.39 bits per heavy atom. The van der Waals surface area contributed by atoms with E-state index in [1.54, 1.807) is 24.3 Å². The smallest absolute Gasteiger partial charge is 0.328 e. The Balaban J connectivity index is 1.21. The van der Waals surface area contributed by atoms with Gasteiger partial charge in [0.05, 0.1) is 5.69 Å².